The van der Waals surface area contributed by atoms with Crippen molar-refractivity contribution in [3.05, 3.63) is 67.0 Å². The first kappa shape index (κ1) is 34.7. The van der Waals surface area contributed by atoms with Gasteiger partial charge in [-0.25, -0.2) is 4.79 Å². The molecule has 0 atom stereocenters. The molecular weight excluding hydrogens is 577 g/mol. The van der Waals surface area contributed by atoms with Gasteiger partial charge < -0.3 is 27.3 Å². The molecule has 3 aromatic rings. The number of hydrogen-bond donors (Lipinski definition) is 2. The van der Waals surface area contributed by atoms with Gasteiger partial charge in [-0.3, -0.25) is 4.98 Å². The van der Waals surface area contributed by atoms with Crippen molar-refractivity contribution in [1.82, 2.24) is 4.98 Å². The van der Waals surface area contributed by atoms with Crippen LogP contribution >= 0.6 is 9.42 Å². The van der Waals surface area contributed by atoms with Crippen molar-refractivity contribution in [2.24, 2.45) is 0 Å². The second-order valence-corrected chi connectivity index (χ2v) is 5.84. The summed E-state index contributed by atoms with van der Waals surface area (Å²) in [5.41, 5.74) is 0.484. The van der Waals surface area contributed by atoms with Crippen molar-refractivity contribution in [2.45, 2.75) is 33.8 Å². The fourth-order valence-electron chi connectivity index (χ4n) is 2.07. The van der Waals surface area contributed by atoms with Crippen molar-refractivity contribution in [2.75, 3.05) is 7.11 Å². The molecule has 1 aromatic heterocycles. The topological polar surface area (TPSA) is 147 Å². The molecular formula is C20H31ClN3O4Pt-2. The van der Waals surface area contributed by atoms with Gasteiger partial charge in [0.2, 0.25) is 0 Å². The smallest absolute Gasteiger partial charge is 0.0708 e. The van der Waals surface area contributed by atoms with E-state index in [2.05, 4.69) is 49.5 Å². The Bertz CT molecular complexity index is 759. The van der Waals surface area contributed by atoms with E-state index >= 15 is 0 Å². The monoisotopic (exact) mass is 607 g/mol. The van der Waals surface area contributed by atoms with Crippen LogP contribution in [0.1, 0.15) is 28.2 Å². The Morgan fingerprint density at radius 2 is 1.41 bits per heavy atom. The first-order valence-electron chi connectivity index (χ1n) is 7.58. The molecule has 0 aliphatic heterocycles. The standard InChI is InChI=1S/C13H9N.C5H10O3.CH4O.CH4.ClH.2H2N.Pt/c1-2-6-11-10(5-1)9-14-13-8-4-3-7-12(11)13;1-5(2,3)8-4(6)7;1-2;;;;;/h1-9H;1-3H3,(H,6,7);2H,1H3;1H4;1H;2*1H2;/q;;;;;2*-1;+1/p-1. The fraction of sp³-hybridized carbons (Fsp3) is 0.300. The Labute approximate surface area is 188 Å². The van der Waals surface area contributed by atoms with E-state index in [1.165, 1.54) is 16.2 Å². The maximum Gasteiger partial charge on any atom is 0.0708 e. The Morgan fingerprint density at radius 3 is 1.86 bits per heavy atom. The molecule has 0 aliphatic rings. The number of nitrogens with two attached hydrogens (primary N) is 2. The first-order valence-corrected chi connectivity index (χ1v) is 10.4. The number of rotatable bonds is 0. The van der Waals surface area contributed by atoms with E-state index in [0.29, 0.717) is 0 Å². The molecule has 0 amide bonds. The van der Waals surface area contributed by atoms with Crippen molar-refractivity contribution < 1.29 is 38.5 Å². The Kier molecular flexibility index (Phi) is 21.9. The molecule has 169 valence electrons. The normalized spacial score (nSPS) is 8.69. The number of aliphatic hydroxyl groups excluding tert-OH is 1. The quantitative estimate of drug-likeness (QED) is 0.204. The van der Waals surface area contributed by atoms with Gasteiger partial charge >= 0.3 is 34.3 Å². The zero-order valence-electron chi connectivity index (χ0n) is 16.2. The van der Waals surface area contributed by atoms with Crippen LogP contribution < -0.4 is 0 Å². The molecule has 0 bridgehead atoms. The molecule has 2 aromatic carbocycles. The molecule has 29 heavy (non-hydrogen) atoms. The second-order valence-electron chi connectivity index (χ2n) is 5.84. The minimum Gasteiger partial charge on any atom is -0.693 e. The van der Waals surface area contributed by atoms with Crippen LogP contribution in [0, 0.1) is 0 Å². The number of aromatic nitrogens is 1. The van der Waals surface area contributed by atoms with Gasteiger partial charge in [0.25, 0.3) is 0 Å². The number of halogens is 1. The number of benzene rings is 2. The number of hydrogen-bond acceptors (Lipinski definition) is 4. The van der Waals surface area contributed by atoms with Gasteiger partial charge in [-0.2, -0.15) is 0 Å². The Hall–Kier alpha value is -1.76. The molecule has 3 rings (SSSR count). The van der Waals surface area contributed by atoms with E-state index in [9.17, 15) is 4.79 Å². The number of nitrogens with zero attached hydrogens (tertiary/aromatic N) is 1. The molecule has 6 N–H and O–H groups in total. The van der Waals surface area contributed by atoms with Crippen LogP contribution in [-0.4, -0.2) is 34.1 Å². The van der Waals surface area contributed by atoms with Crippen LogP contribution in [0.25, 0.3) is 34.0 Å². The Balaban J connectivity index is -0.000000184. The minimum atomic E-state index is -1.22. The van der Waals surface area contributed by atoms with Crippen LogP contribution in [0.15, 0.2) is 54.7 Å². The summed E-state index contributed by atoms with van der Waals surface area (Å²) in [6.07, 6.45) is 0.704. The van der Waals surface area contributed by atoms with Gasteiger partial charge in [0.05, 0.1) is 5.52 Å². The Morgan fingerprint density at radius 1 is 0.966 bits per heavy atom. The largest absolute Gasteiger partial charge is 0.693 e. The second kappa shape index (κ2) is 18.3. The molecule has 0 unspecified atom stereocenters. The van der Waals surface area contributed by atoms with E-state index in [-0.39, 0.29) is 19.7 Å². The molecule has 0 spiro atoms. The van der Waals surface area contributed by atoms with Gasteiger partial charge in [-0.1, -0.05) is 49.9 Å². The SMILES string of the molecule is C.CC(C)(C)OC(=O)O.CO.[Cl][Pt].[NH2-].[NH2-].c1ccc2c(c1)cnc1ccccc12. The van der Waals surface area contributed by atoms with Crippen LogP contribution in [0.3, 0.4) is 0 Å². The van der Waals surface area contributed by atoms with Crippen molar-refractivity contribution >= 4 is 37.2 Å². The molecule has 0 fully saturated rings. The van der Waals surface area contributed by atoms with Crippen molar-refractivity contribution in [1.29, 1.82) is 0 Å². The van der Waals surface area contributed by atoms with E-state index in [1.54, 1.807) is 39.5 Å². The third kappa shape index (κ3) is 13.1. The van der Waals surface area contributed by atoms with Crippen LogP contribution in [0.5, 0.6) is 0 Å². The maximum absolute atomic E-state index is 9.79. The summed E-state index contributed by atoms with van der Waals surface area (Å²) in [6, 6.07) is 16.6. The van der Waals surface area contributed by atoms with Gasteiger partial charge in [0, 0.05) is 24.1 Å². The number of pyridine rings is 1. The molecule has 9 heteroatoms. The van der Waals surface area contributed by atoms with Crippen molar-refractivity contribution in [3.8, 4) is 0 Å². The summed E-state index contributed by atoms with van der Waals surface area (Å²) in [7, 11) is 5.61. The number of ether oxygens (including phenoxy) is 1. The zero-order chi connectivity index (χ0) is 20.2. The summed E-state index contributed by atoms with van der Waals surface area (Å²) in [5, 5.41) is 18.7. The van der Waals surface area contributed by atoms with E-state index in [0.717, 1.165) is 12.6 Å². The summed E-state index contributed by atoms with van der Waals surface area (Å²) < 4.78 is 4.35. The number of carboxylic acid groups (broad SMARTS) is 1. The summed E-state index contributed by atoms with van der Waals surface area (Å²) in [6.45, 7) is 5.04. The van der Waals surface area contributed by atoms with Crippen LogP contribution in [-0.2, 0) is 23.5 Å². The first-order chi connectivity index (χ1) is 12.4. The third-order valence-corrected chi connectivity index (χ3v) is 2.89. The fourth-order valence-corrected chi connectivity index (χ4v) is 2.07. The summed E-state index contributed by atoms with van der Waals surface area (Å²) in [4.78, 5) is 14.2. The zero-order valence-corrected chi connectivity index (χ0v) is 19.2. The molecule has 7 nitrogen and oxygen atoms in total. The van der Waals surface area contributed by atoms with Gasteiger partial charge in [0.15, 0.2) is 0 Å². The van der Waals surface area contributed by atoms with Gasteiger partial charge in [-0.05, 0) is 32.2 Å². The van der Waals surface area contributed by atoms with Crippen LogP contribution in [0.4, 0.5) is 4.79 Å². The summed E-state index contributed by atoms with van der Waals surface area (Å²) in [5.74, 6) is 0. The predicted molar refractivity (Wildman–Crippen MR) is 119 cm³/mol. The molecule has 0 aliphatic carbocycles. The van der Waals surface area contributed by atoms with Gasteiger partial charge in [0.1, 0.15) is 5.60 Å². The van der Waals surface area contributed by atoms with E-state index < -0.39 is 11.8 Å². The van der Waals surface area contributed by atoms with Crippen molar-refractivity contribution in [3.63, 3.8) is 0 Å². The van der Waals surface area contributed by atoms with Crippen LogP contribution in [0.2, 0.25) is 0 Å². The molecule has 0 radical (unpaired) electrons. The average Bonchev–Trinajstić information content (AvgIpc) is 2.63. The maximum atomic E-state index is 9.79. The molecule has 1 heterocycles. The average molecular weight is 608 g/mol. The molecule has 0 saturated carbocycles. The number of para-hydroxylation sites is 1. The van der Waals surface area contributed by atoms with Gasteiger partial charge in [-0.15, -0.1) is 0 Å². The minimum absolute atomic E-state index is 0. The molecule has 0 saturated heterocycles. The number of fused-ring (bicyclic) bond motifs is 3. The number of aliphatic hydroxyl groups is 1. The van der Waals surface area contributed by atoms with E-state index in [1.807, 2.05) is 24.4 Å². The number of carbonyl (C=O) groups is 1. The summed E-state index contributed by atoms with van der Waals surface area (Å²) >= 11 is 1.61. The predicted octanol–water partition coefficient (Wildman–Crippen LogP) is 7.23. The third-order valence-electron chi connectivity index (χ3n) is 2.89. The van der Waals surface area contributed by atoms with E-state index in [4.69, 9.17) is 10.2 Å².